The van der Waals surface area contributed by atoms with Crippen LogP contribution in [-0.2, 0) is 9.53 Å². The maximum absolute atomic E-state index is 11.2. The van der Waals surface area contributed by atoms with Gasteiger partial charge in [-0.15, -0.1) is 0 Å². The zero-order valence-electron chi connectivity index (χ0n) is 10.6. The highest BCUT2D eigenvalue weighted by atomic mass is 16.5. The van der Waals surface area contributed by atoms with Crippen molar-refractivity contribution in [3.05, 3.63) is 12.2 Å². The van der Waals surface area contributed by atoms with Crippen LogP contribution in [0.2, 0.25) is 0 Å². The number of allylic oxidation sites excluding steroid dienone is 1. The molecule has 1 rings (SSSR count). The maximum Gasteiger partial charge on any atom is 0.330 e. The number of ether oxygens (including phenoxy) is 1. The van der Waals surface area contributed by atoms with E-state index in [1.807, 2.05) is 6.92 Å². The van der Waals surface area contributed by atoms with Gasteiger partial charge in [0.05, 0.1) is 6.61 Å². The highest BCUT2D eigenvalue weighted by Gasteiger charge is 2.20. The van der Waals surface area contributed by atoms with E-state index in [4.69, 9.17) is 4.74 Å². The summed E-state index contributed by atoms with van der Waals surface area (Å²) in [5, 5.41) is 0. The molecule has 0 bridgehead atoms. The molecule has 2 nitrogen and oxygen atoms in total. The third-order valence-electron chi connectivity index (χ3n) is 3.49. The number of carbonyl (C=O) groups is 1. The van der Waals surface area contributed by atoms with Gasteiger partial charge in [-0.1, -0.05) is 32.3 Å². The van der Waals surface area contributed by atoms with Gasteiger partial charge in [-0.3, -0.25) is 0 Å². The van der Waals surface area contributed by atoms with Crippen molar-refractivity contribution in [2.75, 3.05) is 6.61 Å². The molecule has 1 unspecified atom stereocenters. The zero-order chi connectivity index (χ0) is 11.8. The smallest absolute Gasteiger partial charge is 0.330 e. The number of esters is 1. The molecule has 0 spiro atoms. The Morgan fingerprint density at radius 1 is 1.31 bits per heavy atom. The Morgan fingerprint density at radius 2 is 2.00 bits per heavy atom. The largest absolute Gasteiger partial charge is 0.463 e. The summed E-state index contributed by atoms with van der Waals surface area (Å²) in [6.07, 6.45) is 11.6. The lowest BCUT2D eigenvalue weighted by Gasteiger charge is -2.27. The predicted molar refractivity (Wildman–Crippen MR) is 66.1 cm³/mol. The molecular formula is C14H24O2. The van der Waals surface area contributed by atoms with E-state index < -0.39 is 0 Å². The Kier molecular flexibility index (Phi) is 6.20. The minimum absolute atomic E-state index is 0.197. The van der Waals surface area contributed by atoms with E-state index in [2.05, 4.69) is 13.0 Å². The van der Waals surface area contributed by atoms with Crippen LogP contribution in [0.3, 0.4) is 0 Å². The highest BCUT2D eigenvalue weighted by Crippen LogP contribution is 2.32. The van der Waals surface area contributed by atoms with E-state index in [0.717, 1.165) is 12.3 Å². The van der Waals surface area contributed by atoms with Crippen molar-refractivity contribution >= 4 is 5.97 Å². The second-order valence-corrected chi connectivity index (χ2v) is 4.58. The third-order valence-corrected chi connectivity index (χ3v) is 3.49. The SMILES string of the molecule is CCOC(=O)/C=C/C(CC)C1CCCCC1. The summed E-state index contributed by atoms with van der Waals surface area (Å²) in [6, 6.07) is 0. The average Bonchev–Trinajstić information content (AvgIpc) is 2.31. The topological polar surface area (TPSA) is 26.3 Å². The fourth-order valence-corrected chi connectivity index (χ4v) is 2.58. The normalized spacial score (nSPS) is 19.9. The van der Waals surface area contributed by atoms with Crippen LogP contribution >= 0.6 is 0 Å². The molecule has 0 heterocycles. The first kappa shape index (κ1) is 13.3. The van der Waals surface area contributed by atoms with Gasteiger partial charge in [-0.2, -0.15) is 0 Å². The molecule has 92 valence electrons. The molecule has 1 fully saturated rings. The van der Waals surface area contributed by atoms with E-state index in [1.165, 1.54) is 32.1 Å². The Bertz CT molecular complexity index is 227. The minimum Gasteiger partial charge on any atom is -0.463 e. The summed E-state index contributed by atoms with van der Waals surface area (Å²) in [6.45, 7) is 4.50. The first-order chi connectivity index (χ1) is 7.77. The Hall–Kier alpha value is -0.790. The van der Waals surface area contributed by atoms with Crippen LogP contribution < -0.4 is 0 Å². The molecule has 0 aromatic carbocycles. The van der Waals surface area contributed by atoms with Crippen LogP contribution in [0.4, 0.5) is 0 Å². The van der Waals surface area contributed by atoms with Crippen LogP contribution in [-0.4, -0.2) is 12.6 Å². The summed E-state index contributed by atoms with van der Waals surface area (Å²) in [5.41, 5.74) is 0. The number of rotatable bonds is 5. The molecule has 16 heavy (non-hydrogen) atoms. The molecule has 0 amide bonds. The molecule has 0 radical (unpaired) electrons. The van der Waals surface area contributed by atoms with Crippen molar-refractivity contribution in [2.45, 2.75) is 52.4 Å². The van der Waals surface area contributed by atoms with Gasteiger partial charge in [-0.05, 0) is 38.0 Å². The van der Waals surface area contributed by atoms with E-state index in [-0.39, 0.29) is 5.97 Å². The fourth-order valence-electron chi connectivity index (χ4n) is 2.58. The number of carbonyl (C=O) groups excluding carboxylic acids is 1. The van der Waals surface area contributed by atoms with E-state index >= 15 is 0 Å². The lowest BCUT2D eigenvalue weighted by atomic mass is 9.79. The number of hydrogen-bond acceptors (Lipinski definition) is 2. The van der Waals surface area contributed by atoms with E-state index in [0.29, 0.717) is 12.5 Å². The van der Waals surface area contributed by atoms with Crippen LogP contribution in [0.15, 0.2) is 12.2 Å². The quantitative estimate of drug-likeness (QED) is 0.525. The van der Waals surface area contributed by atoms with Crippen molar-refractivity contribution in [1.29, 1.82) is 0 Å². The summed E-state index contributed by atoms with van der Waals surface area (Å²) < 4.78 is 4.90. The molecule has 0 aliphatic heterocycles. The van der Waals surface area contributed by atoms with Crippen molar-refractivity contribution < 1.29 is 9.53 Å². The highest BCUT2D eigenvalue weighted by molar-refractivity contribution is 5.81. The number of hydrogen-bond donors (Lipinski definition) is 0. The summed E-state index contributed by atoms with van der Waals surface area (Å²) in [7, 11) is 0. The lowest BCUT2D eigenvalue weighted by Crippen LogP contribution is -2.16. The molecule has 1 atom stereocenters. The second kappa shape index (κ2) is 7.48. The van der Waals surface area contributed by atoms with Crippen molar-refractivity contribution in [1.82, 2.24) is 0 Å². The standard InChI is InChI=1S/C14H24O2/c1-3-12(10-11-14(15)16-4-2)13-8-6-5-7-9-13/h10-13H,3-9H2,1-2H3/b11-10+. The summed E-state index contributed by atoms with van der Waals surface area (Å²) >= 11 is 0. The monoisotopic (exact) mass is 224 g/mol. The molecular weight excluding hydrogens is 200 g/mol. The van der Waals surface area contributed by atoms with Crippen LogP contribution in [0.5, 0.6) is 0 Å². The molecule has 1 saturated carbocycles. The Balaban J connectivity index is 2.43. The molecule has 2 heteroatoms. The van der Waals surface area contributed by atoms with Crippen LogP contribution in [0.1, 0.15) is 52.4 Å². The molecule has 1 aliphatic carbocycles. The van der Waals surface area contributed by atoms with Crippen molar-refractivity contribution in [3.8, 4) is 0 Å². The summed E-state index contributed by atoms with van der Waals surface area (Å²) in [5.74, 6) is 1.14. The summed E-state index contributed by atoms with van der Waals surface area (Å²) in [4.78, 5) is 11.2. The van der Waals surface area contributed by atoms with Crippen LogP contribution in [0, 0.1) is 11.8 Å². The molecule has 0 aromatic heterocycles. The second-order valence-electron chi connectivity index (χ2n) is 4.58. The molecule has 0 saturated heterocycles. The average molecular weight is 224 g/mol. The van der Waals surface area contributed by atoms with Crippen molar-refractivity contribution in [3.63, 3.8) is 0 Å². The first-order valence-electron chi connectivity index (χ1n) is 6.62. The van der Waals surface area contributed by atoms with Gasteiger partial charge in [0.15, 0.2) is 0 Å². The minimum atomic E-state index is -0.197. The van der Waals surface area contributed by atoms with Gasteiger partial charge in [0.25, 0.3) is 0 Å². The van der Waals surface area contributed by atoms with Gasteiger partial charge < -0.3 is 4.74 Å². The van der Waals surface area contributed by atoms with Gasteiger partial charge in [0.2, 0.25) is 0 Å². The molecule has 0 aromatic rings. The third kappa shape index (κ3) is 4.38. The van der Waals surface area contributed by atoms with Gasteiger partial charge in [-0.25, -0.2) is 4.79 Å². The predicted octanol–water partition coefficient (Wildman–Crippen LogP) is 3.71. The molecule has 1 aliphatic rings. The van der Waals surface area contributed by atoms with E-state index in [9.17, 15) is 4.79 Å². The maximum atomic E-state index is 11.2. The van der Waals surface area contributed by atoms with Gasteiger partial charge in [0.1, 0.15) is 0 Å². The Morgan fingerprint density at radius 3 is 2.56 bits per heavy atom. The lowest BCUT2D eigenvalue weighted by molar-refractivity contribution is -0.137. The van der Waals surface area contributed by atoms with Crippen molar-refractivity contribution in [2.24, 2.45) is 11.8 Å². The molecule has 0 N–H and O–H groups in total. The van der Waals surface area contributed by atoms with Gasteiger partial charge >= 0.3 is 5.97 Å². The van der Waals surface area contributed by atoms with E-state index in [1.54, 1.807) is 6.08 Å². The van der Waals surface area contributed by atoms with Gasteiger partial charge in [0, 0.05) is 6.08 Å². The first-order valence-corrected chi connectivity index (χ1v) is 6.62. The van der Waals surface area contributed by atoms with Crippen LogP contribution in [0.25, 0.3) is 0 Å². The Labute approximate surface area is 99.1 Å². The fraction of sp³-hybridized carbons (Fsp3) is 0.786. The zero-order valence-corrected chi connectivity index (χ0v) is 10.6.